The fraction of sp³-hybridized carbons (Fsp3) is 0.600. The molecule has 1 saturated heterocycles. The van der Waals surface area contributed by atoms with E-state index < -0.39 is 0 Å². The molecule has 0 unspecified atom stereocenters. The molecule has 0 saturated carbocycles. The summed E-state index contributed by atoms with van der Waals surface area (Å²) in [6.45, 7) is 6.53. The van der Waals surface area contributed by atoms with E-state index in [0.29, 0.717) is 18.5 Å². The van der Waals surface area contributed by atoms with Gasteiger partial charge in [0.15, 0.2) is 0 Å². The summed E-state index contributed by atoms with van der Waals surface area (Å²) in [6.07, 6.45) is 1.53. The Bertz CT molecular complexity index is 338. The molecule has 1 aliphatic heterocycles. The third kappa shape index (κ3) is 2.18. The van der Waals surface area contributed by atoms with Crippen molar-refractivity contribution in [3.8, 4) is 5.88 Å². The molecule has 0 amide bonds. The second-order valence-corrected chi connectivity index (χ2v) is 3.58. The molecule has 5 nitrogen and oxygen atoms in total. The van der Waals surface area contributed by atoms with Crippen LogP contribution in [0.3, 0.4) is 0 Å². The SMILES string of the molecule is CCOc1ncnc(NC2CNC2)c1C. The highest BCUT2D eigenvalue weighted by Crippen LogP contribution is 2.21. The third-order valence-corrected chi connectivity index (χ3v) is 2.44. The molecule has 15 heavy (non-hydrogen) atoms. The van der Waals surface area contributed by atoms with Crippen molar-refractivity contribution in [1.82, 2.24) is 15.3 Å². The monoisotopic (exact) mass is 208 g/mol. The van der Waals surface area contributed by atoms with E-state index in [9.17, 15) is 0 Å². The van der Waals surface area contributed by atoms with Crippen molar-refractivity contribution in [2.45, 2.75) is 19.9 Å². The normalized spacial score (nSPS) is 15.9. The fourth-order valence-electron chi connectivity index (χ4n) is 1.45. The highest BCUT2D eigenvalue weighted by molar-refractivity contribution is 5.48. The van der Waals surface area contributed by atoms with Crippen LogP contribution in [-0.2, 0) is 0 Å². The second-order valence-electron chi connectivity index (χ2n) is 3.58. The van der Waals surface area contributed by atoms with E-state index in [0.717, 1.165) is 24.5 Å². The van der Waals surface area contributed by atoms with Gasteiger partial charge in [0.05, 0.1) is 18.2 Å². The van der Waals surface area contributed by atoms with Gasteiger partial charge in [0, 0.05) is 13.1 Å². The van der Waals surface area contributed by atoms with E-state index in [2.05, 4.69) is 20.6 Å². The van der Waals surface area contributed by atoms with Gasteiger partial charge in [-0.1, -0.05) is 0 Å². The average Bonchev–Trinajstić information content (AvgIpc) is 2.17. The standard InChI is InChI=1S/C10H16N4O/c1-3-15-10-7(2)9(12-6-13-10)14-8-4-11-5-8/h6,8,11H,3-5H2,1-2H3,(H,12,13,14). The van der Waals surface area contributed by atoms with Gasteiger partial charge in [-0.05, 0) is 13.8 Å². The largest absolute Gasteiger partial charge is 0.478 e. The molecule has 1 aliphatic rings. The second kappa shape index (κ2) is 4.44. The summed E-state index contributed by atoms with van der Waals surface area (Å²) >= 11 is 0. The van der Waals surface area contributed by atoms with Crippen LogP contribution in [0.15, 0.2) is 6.33 Å². The highest BCUT2D eigenvalue weighted by Gasteiger charge is 2.18. The first-order valence-electron chi connectivity index (χ1n) is 5.23. The van der Waals surface area contributed by atoms with Crippen LogP contribution in [0.4, 0.5) is 5.82 Å². The van der Waals surface area contributed by atoms with Crippen molar-refractivity contribution in [3.63, 3.8) is 0 Å². The van der Waals surface area contributed by atoms with E-state index in [4.69, 9.17) is 4.74 Å². The Morgan fingerprint density at radius 3 is 2.93 bits per heavy atom. The molecule has 0 aromatic carbocycles. The lowest BCUT2D eigenvalue weighted by atomic mass is 10.2. The van der Waals surface area contributed by atoms with Crippen LogP contribution in [0.1, 0.15) is 12.5 Å². The van der Waals surface area contributed by atoms with Gasteiger partial charge in [0.25, 0.3) is 0 Å². The third-order valence-electron chi connectivity index (χ3n) is 2.44. The van der Waals surface area contributed by atoms with Crippen molar-refractivity contribution in [3.05, 3.63) is 11.9 Å². The molecule has 1 fully saturated rings. The minimum absolute atomic E-state index is 0.480. The lowest BCUT2D eigenvalue weighted by Gasteiger charge is -2.29. The van der Waals surface area contributed by atoms with Gasteiger partial charge < -0.3 is 15.4 Å². The zero-order valence-corrected chi connectivity index (χ0v) is 9.08. The number of anilines is 1. The van der Waals surface area contributed by atoms with Gasteiger partial charge in [0.2, 0.25) is 5.88 Å². The molecule has 2 N–H and O–H groups in total. The molecule has 0 atom stereocenters. The van der Waals surface area contributed by atoms with E-state index in [1.807, 2.05) is 13.8 Å². The molecule has 1 aromatic heterocycles. The molecule has 5 heteroatoms. The highest BCUT2D eigenvalue weighted by atomic mass is 16.5. The Hall–Kier alpha value is -1.36. The number of hydrogen-bond donors (Lipinski definition) is 2. The maximum Gasteiger partial charge on any atom is 0.221 e. The maximum atomic E-state index is 5.40. The molecule has 2 rings (SSSR count). The van der Waals surface area contributed by atoms with E-state index in [-0.39, 0.29) is 0 Å². The van der Waals surface area contributed by atoms with Crippen molar-refractivity contribution in [2.75, 3.05) is 25.0 Å². The first-order valence-corrected chi connectivity index (χ1v) is 5.23. The molecular weight excluding hydrogens is 192 g/mol. The Morgan fingerprint density at radius 1 is 1.53 bits per heavy atom. The number of hydrogen-bond acceptors (Lipinski definition) is 5. The number of rotatable bonds is 4. The number of aromatic nitrogens is 2. The number of nitrogens with one attached hydrogen (secondary N) is 2. The Balaban J connectivity index is 2.11. The minimum atomic E-state index is 0.480. The molecule has 0 aliphatic carbocycles. The molecular formula is C10H16N4O. The molecule has 2 heterocycles. The molecule has 82 valence electrons. The van der Waals surface area contributed by atoms with Gasteiger partial charge in [-0.25, -0.2) is 9.97 Å². The van der Waals surface area contributed by atoms with Gasteiger partial charge >= 0.3 is 0 Å². The van der Waals surface area contributed by atoms with Crippen molar-refractivity contribution in [2.24, 2.45) is 0 Å². The average molecular weight is 208 g/mol. The van der Waals surface area contributed by atoms with Crippen LogP contribution in [0, 0.1) is 6.92 Å². The summed E-state index contributed by atoms with van der Waals surface area (Å²) in [5.74, 6) is 1.54. The maximum absolute atomic E-state index is 5.40. The van der Waals surface area contributed by atoms with Gasteiger partial charge in [-0.3, -0.25) is 0 Å². The van der Waals surface area contributed by atoms with Crippen LogP contribution in [-0.4, -0.2) is 35.7 Å². The predicted octanol–water partition coefficient (Wildman–Crippen LogP) is 0.567. The molecule has 0 spiro atoms. The fourth-order valence-corrected chi connectivity index (χ4v) is 1.45. The van der Waals surface area contributed by atoms with E-state index >= 15 is 0 Å². The quantitative estimate of drug-likeness (QED) is 0.757. The van der Waals surface area contributed by atoms with Crippen LogP contribution in [0.25, 0.3) is 0 Å². The zero-order chi connectivity index (χ0) is 10.7. The minimum Gasteiger partial charge on any atom is -0.478 e. The van der Waals surface area contributed by atoms with Crippen molar-refractivity contribution < 1.29 is 4.74 Å². The van der Waals surface area contributed by atoms with E-state index in [1.165, 1.54) is 6.33 Å². The summed E-state index contributed by atoms with van der Waals surface area (Å²) in [5.41, 5.74) is 0.978. The van der Waals surface area contributed by atoms with Crippen LogP contribution in [0.2, 0.25) is 0 Å². The first-order chi connectivity index (χ1) is 7.31. The lowest BCUT2D eigenvalue weighted by molar-refractivity contribution is 0.323. The summed E-state index contributed by atoms with van der Waals surface area (Å²) in [5, 5.41) is 6.56. The molecule has 0 bridgehead atoms. The lowest BCUT2D eigenvalue weighted by Crippen LogP contribution is -2.51. The topological polar surface area (TPSA) is 59.1 Å². The number of nitrogens with zero attached hydrogens (tertiary/aromatic N) is 2. The van der Waals surface area contributed by atoms with Gasteiger partial charge in [-0.2, -0.15) is 0 Å². The Labute approximate surface area is 89.3 Å². The molecule has 1 aromatic rings. The first kappa shape index (κ1) is 10.2. The van der Waals surface area contributed by atoms with Crippen LogP contribution < -0.4 is 15.4 Å². The molecule has 0 radical (unpaired) electrons. The predicted molar refractivity (Wildman–Crippen MR) is 58.2 cm³/mol. The van der Waals surface area contributed by atoms with Crippen molar-refractivity contribution in [1.29, 1.82) is 0 Å². The zero-order valence-electron chi connectivity index (χ0n) is 9.08. The summed E-state index contributed by atoms with van der Waals surface area (Å²) < 4.78 is 5.40. The summed E-state index contributed by atoms with van der Waals surface area (Å²) in [7, 11) is 0. The van der Waals surface area contributed by atoms with Crippen LogP contribution in [0.5, 0.6) is 5.88 Å². The van der Waals surface area contributed by atoms with Crippen LogP contribution >= 0.6 is 0 Å². The summed E-state index contributed by atoms with van der Waals surface area (Å²) in [6, 6.07) is 0.480. The van der Waals surface area contributed by atoms with Gasteiger partial charge in [0.1, 0.15) is 12.1 Å². The van der Waals surface area contributed by atoms with E-state index in [1.54, 1.807) is 0 Å². The Kier molecular flexibility index (Phi) is 3.01. The number of ether oxygens (including phenoxy) is 1. The Morgan fingerprint density at radius 2 is 2.33 bits per heavy atom. The summed E-state index contributed by atoms with van der Waals surface area (Å²) in [4.78, 5) is 8.30. The smallest absolute Gasteiger partial charge is 0.221 e. The van der Waals surface area contributed by atoms with Gasteiger partial charge in [-0.15, -0.1) is 0 Å². The van der Waals surface area contributed by atoms with Crippen molar-refractivity contribution >= 4 is 5.82 Å².